The number of amides is 1. The Morgan fingerprint density at radius 3 is 2.48 bits per heavy atom. The molecule has 0 radical (unpaired) electrons. The van der Waals surface area contributed by atoms with Gasteiger partial charge in [0.1, 0.15) is 23.1 Å². The number of nitriles is 1. The highest BCUT2D eigenvalue weighted by Crippen LogP contribution is 2.29. The van der Waals surface area contributed by atoms with Crippen molar-refractivity contribution in [1.82, 2.24) is 0 Å². The second-order valence-corrected chi connectivity index (χ2v) is 6.17. The minimum atomic E-state index is -0.393. The van der Waals surface area contributed by atoms with Crippen molar-refractivity contribution in [3.63, 3.8) is 0 Å². The summed E-state index contributed by atoms with van der Waals surface area (Å²) in [5.41, 5.74) is 3.43. The van der Waals surface area contributed by atoms with Crippen molar-refractivity contribution in [2.24, 2.45) is 0 Å². The maximum absolute atomic E-state index is 12.2. The fourth-order valence-electron chi connectivity index (χ4n) is 2.56. The number of carbonyl (C=O) groups is 1. The van der Waals surface area contributed by atoms with Gasteiger partial charge < -0.3 is 9.15 Å². The third-order valence-electron chi connectivity index (χ3n) is 4.14. The van der Waals surface area contributed by atoms with Gasteiger partial charge in [-0.15, -0.1) is 0 Å². The number of benzene rings is 2. The normalized spacial score (nSPS) is 10.3. The number of anilines is 1. The van der Waals surface area contributed by atoms with Gasteiger partial charge in [0, 0.05) is 11.6 Å². The molecule has 0 saturated carbocycles. The summed E-state index contributed by atoms with van der Waals surface area (Å²) in [6, 6.07) is 19.0. The predicted molar refractivity (Wildman–Crippen MR) is 104 cm³/mol. The van der Waals surface area contributed by atoms with Crippen LogP contribution in [-0.2, 0) is 11.2 Å². The van der Waals surface area contributed by atoms with Crippen LogP contribution >= 0.6 is 0 Å². The number of nitrogens with zero attached hydrogens (tertiary/aromatic N) is 1. The fraction of sp³-hybridized carbons (Fsp3) is 0.182. The molecule has 3 rings (SSSR count). The highest BCUT2D eigenvalue weighted by Gasteiger charge is 2.15. The van der Waals surface area contributed by atoms with Crippen molar-refractivity contribution in [1.29, 1.82) is 5.26 Å². The maximum Gasteiger partial charge on any atom is 0.264 e. The lowest BCUT2D eigenvalue weighted by molar-refractivity contribution is -0.118. The molecule has 0 fully saturated rings. The summed E-state index contributed by atoms with van der Waals surface area (Å²) < 4.78 is 11.2. The average molecular weight is 360 g/mol. The van der Waals surface area contributed by atoms with Gasteiger partial charge in [0.15, 0.2) is 6.61 Å². The molecule has 0 aliphatic heterocycles. The van der Waals surface area contributed by atoms with Gasteiger partial charge in [-0.1, -0.05) is 48.9 Å². The lowest BCUT2D eigenvalue weighted by atomic mass is 10.1. The van der Waals surface area contributed by atoms with E-state index in [1.807, 2.05) is 61.5 Å². The van der Waals surface area contributed by atoms with E-state index in [2.05, 4.69) is 12.2 Å². The molecule has 2 aromatic carbocycles. The van der Waals surface area contributed by atoms with Crippen molar-refractivity contribution in [3.05, 3.63) is 71.3 Å². The summed E-state index contributed by atoms with van der Waals surface area (Å²) in [4.78, 5) is 12.2. The van der Waals surface area contributed by atoms with Gasteiger partial charge in [-0.25, -0.2) is 0 Å². The number of nitrogens with one attached hydrogen (secondary N) is 1. The molecule has 0 atom stereocenters. The third kappa shape index (κ3) is 4.56. The summed E-state index contributed by atoms with van der Waals surface area (Å²) in [5, 5.41) is 11.9. The van der Waals surface area contributed by atoms with Gasteiger partial charge >= 0.3 is 0 Å². The van der Waals surface area contributed by atoms with E-state index >= 15 is 0 Å². The van der Waals surface area contributed by atoms with E-state index in [-0.39, 0.29) is 18.1 Å². The van der Waals surface area contributed by atoms with Crippen LogP contribution in [0, 0.1) is 18.3 Å². The lowest BCUT2D eigenvalue weighted by Crippen LogP contribution is -2.20. The molecule has 5 heteroatoms. The Balaban J connectivity index is 1.66. The van der Waals surface area contributed by atoms with Crippen LogP contribution in [0.4, 0.5) is 5.88 Å². The molecule has 1 N–H and O–H groups in total. The van der Waals surface area contributed by atoms with Crippen LogP contribution in [0.3, 0.4) is 0 Å². The summed E-state index contributed by atoms with van der Waals surface area (Å²) in [6.07, 6.45) is 0.944. The van der Waals surface area contributed by atoms with Gasteiger partial charge in [-0.3, -0.25) is 10.1 Å². The summed E-state index contributed by atoms with van der Waals surface area (Å²) in [5.74, 6) is 0.874. The third-order valence-corrected chi connectivity index (χ3v) is 4.14. The Morgan fingerprint density at radius 2 is 1.85 bits per heavy atom. The molecule has 136 valence electrons. The number of hydrogen-bond donors (Lipinski definition) is 1. The summed E-state index contributed by atoms with van der Waals surface area (Å²) >= 11 is 0. The highest BCUT2D eigenvalue weighted by molar-refractivity contribution is 5.92. The number of aryl methyl sites for hydroxylation is 2. The molecule has 1 amide bonds. The molecule has 3 aromatic rings. The molecule has 27 heavy (non-hydrogen) atoms. The molecule has 1 aromatic heterocycles. The molecule has 0 unspecified atom stereocenters. The van der Waals surface area contributed by atoms with Crippen molar-refractivity contribution >= 4 is 11.8 Å². The largest absolute Gasteiger partial charge is 0.484 e. The molecule has 0 aliphatic rings. The van der Waals surface area contributed by atoms with Gasteiger partial charge in [0.2, 0.25) is 5.88 Å². The summed E-state index contributed by atoms with van der Waals surface area (Å²) in [6.45, 7) is 3.90. The zero-order valence-electron chi connectivity index (χ0n) is 15.3. The smallest absolute Gasteiger partial charge is 0.264 e. The van der Waals surface area contributed by atoms with Gasteiger partial charge in [0.25, 0.3) is 5.91 Å². The van der Waals surface area contributed by atoms with Gasteiger partial charge in [-0.05, 0) is 31.0 Å². The second-order valence-electron chi connectivity index (χ2n) is 6.17. The first-order valence-corrected chi connectivity index (χ1v) is 8.71. The molecular weight excluding hydrogens is 340 g/mol. The number of furan rings is 1. The zero-order chi connectivity index (χ0) is 19.2. The van der Waals surface area contributed by atoms with Crippen LogP contribution in [0.25, 0.3) is 11.3 Å². The predicted octanol–water partition coefficient (Wildman–Crippen LogP) is 4.71. The van der Waals surface area contributed by atoms with Crippen molar-refractivity contribution in [2.45, 2.75) is 20.3 Å². The van der Waals surface area contributed by atoms with Crippen LogP contribution in [0.1, 0.15) is 23.6 Å². The molecule has 5 nitrogen and oxygen atoms in total. The first-order chi connectivity index (χ1) is 13.1. The molecule has 0 bridgehead atoms. The fourth-order valence-corrected chi connectivity index (χ4v) is 2.56. The number of hydrogen-bond acceptors (Lipinski definition) is 4. The first kappa shape index (κ1) is 18.3. The van der Waals surface area contributed by atoms with Crippen LogP contribution in [0.15, 0.2) is 59.0 Å². The van der Waals surface area contributed by atoms with E-state index in [4.69, 9.17) is 9.15 Å². The lowest BCUT2D eigenvalue weighted by Gasteiger charge is -2.07. The van der Waals surface area contributed by atoms with Crippen molar-refractivity contribution < 1.29 is 13.9 Å². The average Bonchev–Trinajstić information content (AvgIpc) is 3.10. The van der Waals surface area contributed by atoms with Gasteiger partial charge in [-0.2, -0.15) is 5.26 Å². The molecule has 0 saturated heterocycles. The summed E-state index contributed by atoms with van der Waals surface area (Å²) in [7, 11) is 0. The van der Waals surface area contributed by atoms with E-state index in [1.165, 1.54) is 5.56 Å². The standard InChI is InChI=1S/C22H20N2O3/c1-3-16-6-10-19(11-7-16)26-14-21(25)24-22-18(13-23)12-20(27-22)17-8-4-15(2)5-9-17/h4-12H,3,14H2,1-2H3,(H,24,25). The Hall–Kier alpha value is -3.52. The van der Waals surface area contributed by atoms with Crippen LogP contribution in [0.2, 0.25) is 0 Å². The van der Waals surface area contributed by atoms with E-state index in [0.29, 0.717) is 11.5 Å². The molecule has 0 aliphatic carbocycles. The minimum Gasteiger partial charge on any atom is -0.484 e. The molecule has 1 heterocycles. The molecular formula is C22H20N2O3. The van der Waals surface area contributed by atoms with Crippen LogP contribution in [0.5, 0.6) is 5.75 Å². The Morgan fingerprint density at radius 1 is 1.15 bits per heavy atom. The van der Waals surface area contributed by atoms with E-state index in [9.17, 15) is 10.1 Å². The van der Waals surface area contributed by atoms with E-state index < -0.39 is 5.91 Å². The van der Waals surface area contributed by atoms with Crippen molar-refractivity contribution in [3.8, 4) is 23.1 Å². The highest BCUT2D eigenvalue weighted by atomic mass is 16.5. The Kier molecular flexibility index (Phi) is 5.58. The molecule has 0 spiro atoms. The minimum absolute atomic E-state index is 0.128. The maximum atomic E-state index is 12.2. The SMILES string of the molecule is CCc1ccc(OCC(=O)Nc2oc(-c3ccc(C)cc3)cc2C#N)cc1. The topological polar surface area (TPSA) is 75.3 Å². The van der Waals surface area contributed by atoms with Crippen LogP contribution < -0.4 is 10.1 Å². The number of rotatable bonds is 6. The van der Waals surface area contributed by atoms with Crippen LogP contribution in [-0.4, -0.2) is 12.5 Å². The first-order valence-electron chi connectivity index (χ1n) is 8.71. The van der Waals surface area contributed by atoms with Crippen molar-refractivity contribution in [2.75, 3.05) is 11.9 Å². The quantitative estimate of drug-likeness (QED) is 0.691. The second kappa shape index (κ2) is 8.24. The Bertz CT molecular complexity index is 964. The monoisotopic (exact) mass is 360 g/mol. The number of ether oxygens (including phenoxy) is 1. The number of carbonyl (C=O) groups excluding carboxylic acids is 1. The van der Waals surface area contributed by atoms with E-state index in [1.54, 1.807) is 6.07 Å². The van der Waals surface area contributed by atoms with Gasteiger partial charge in [0.05, 0.1) is 0 Å². The van der Waals surface area contributed by atoms with E-state index in [0.717, 1.165) is 17.5 Å². The zero-order valence-corrected chi connectivity index (χ0v) is 15.3. The Labute approximate surface area is 158 Å².